The highest BCUT2D eigenvalue weighted by Crippen LogP contribution is 2.43. The van der Waals surface area contributed by atoms with Gasteiger partial charge in [-0.2, -0.15) is 0 Å². The molecule has 1 aliphatic heterocycles. The summed E-state index contributed by atoms with van der Waals surface area (Å²) in [5.41, 5.74) is 1.69. The highest BCUT2D eigenvalue weighted by Gasteiger charge is 2.23. The Morgan fingerprint density at radius 2 is 1.79 bits per heavy atom. The minimum atomic E-state index is -2.28. The number of nitrogens with one attached hydrogen (secondary N) is 1. The van der Waals surface area contributed by atoms with Crippen molar-refractivity contribution in [3.05, 3.63) is 48.7 Å². The molecule has 0 aliphatic carbocycles. The molecule has 0 radical (unpaired) electrons. The Morgan fingerprint density at radius 1 is 1.09 bits per heavy atom. The average Bonchev–Trinajstić information content (AvgIpc) is 2.84. The summed E-state index contributed by atoms with van der Waals surface area (Å²) >= 11 is 0. The van der Waals surface area contributed by atoms with Crippen LogP contribution >= 0.6 is 7.14 Å². The van der Waals surface area contributed by atoms with Gasteiger partial charge in [-0.15, -0.1) is 0 Å². The lowest BCUT2D eigenvalue weighted by atomic mass is 10.1. The van der Waals surface area contributed by atoms with Crippen molar-refractivity contribution in [1.29, 1.82) is 0 Å². The van der Waals surface area contributed by atoms with E-state index in [0.29, 0.717) is 24.3 Å². The van der Waals surface area contributed by atoms with Gasteiger partial charge in [-0.05, 0) is 57.0 Å². The van der Waals surface area contributed by atoms with Gasteiger partial charge >= 0.3 is 0 Å². The van der Waals surface area contributed by atoms with Gasteiger partial charge in [0.15, 0.2) is 0 Å². The van der Waals surface area contributed by atoms with Gasteiger partial charge in [0.2, 0.25) is 5.95 Å². The zero-order valence-electron chi connectivity index (χ0n) is 20.1. The first-order chi connectivity index (χ1) is 15.9. The molecule has 0 bridgehead atoms. The van der Waals surface area contributed by atoms with Gasteiger partial charge in [0.1, 0.15) is 24.5 Å². The fourth-order valence-electron chi connectivity index (χ4n) is 4.41. The molecule has 1 saturated heterocycles. The molecule has 1 N–H and O–H groups in total. The number of piperidine rings is 1. The maximum Gasteiger partial charge on any atom is 0.227 e. The second kappa shape index (κ2) is 10.2. The summed E-state index contributed by atoms with van der Waals surface area (Å²) in [6.45, 7) is 10.6. The van der Waals surface area contributed by atoms with E-state index in [1.807, 2.05) is 62.5 Å². The predicted molar refractivity (Wildman–Crippen MR) is 138 cm³/mol. The van der Waals surface area contributed by atoms with Crippen LogP contribution in [0.15, 0.2) is 48.7 Å². The van der Waals surface area contributed by atoms with Crippen LogP contribution in [0.25, 0.3) is 10.9 Å². The van der Waals surface area contributed by atoms with E-state index in [2.05, 4.69) is 29.0 Å². The Labute approximate surface area is 197 Å². The van der Waals surface area contributed by atoms with Crippen LogP contribution in [-0.4, -0.2) is 52.4 Å². The molecule has 0 saturated carbocycles. The number of aromatic nitrogens is 2. The zero-order valence-corrected chi connectivity index (χ0v) is 21.0. The molecule has 6 nitrogen and oxygen atoms in total. The van der Waals surface area contributed by atoms with E-state index < -0.39 is 7.14 Å². The predicted octanol–water partition coefficient (Wildman–Crippen LogP) is 5.65. The van der Waals surface area contributed by atoms with E-state index in [9.17, 15) is 4.57 Å². The summed E-state index contributed by atoms with van der Waals surface area (Å²) < 4.78 is 19.4. The number of hydrogen-bond donors (Lipinski definition) is 1. The normalized spacial score (nSPS) is 15.8. The molecule has 1 fully saturated rings. The monoisotopic (exact) mass is 466 g/mol. The van der Waals surface area contributed by atoms with Gasteiger partial charge in [0.25, 0.3) is 0 Å². The Kier molecular flexibility index (Phi) is 7.35. The van der Waals surface area contributed by atoms with Crippen LogP contribution in [0.2, 0.25) is 0 Å². The smallest absolute Gasteiger partial charge is 0.227 e. The summed E-state index contributed by atoms with van der Waals surface area (Å²) in [7, 11) is -2.28. The highest BCUT2D eigenvalue weighted by atomic mass is 31.2. The number of para-hydroxylation sites is 1. The molecule has 0 amide bonds. The maximum absolute atomic E-state index is 13.0. The van der Waals surface area contributed by atoms with Crippen LogP contribution in [0.1, 0.15) is 40.5 Å². The second-order valence-electron chi connectivity index (χ2n) is 9.03. The number of rotatable bonds is 8. The molecule has 176 valence electrons. The van der Waals surface area contributed by atoms with Crippen molar-refractivity contribution >= 4 is 35.0 Å². The first kappa shape index (κ1) is 23.7. The first-order valence-corrected chi connectivity index (χ1v) is 14.1. The van der Waals surface area contributed by atoms with Crippen LogP contribution in [0.5, 0.6) is 5.75 Å². The van der Waals surface area contributed by atoms with Gasteiger partial charge in [0.05, 0.1) is 0 Å². The molecule has 1 aromatic heterocycles. The minimum absolute atomic E-state index is 0.206. The summed E-state index contributed by atoms with van der Waals surface area (Å²) in [5.74, 6) is 1.33. The molecule has 0 spiro atoms. The van der Waals surface area contributed by atoms with Crippen LogP contribution < -0.4 is 15.4 Å². The first-order valence-electron chi connectivity index (χ1n) is 12.0. The molecule has 33 heavy (non-hydrogen) atoms. The van der Waals surface area contributed by atoms with Crippen LogP contribution in [0.3, 0.4) is 0 Å². The van der Waals surface area contributed by atoms with Gasteiger partial charge in [-0.25, -0.2) is 9.97 Å². The molecule has 2 heterocycles. The summed E-state index contributed by atoms with van der Waals surface area (Å²) in [5, 5.41) is 5.17. The number of hydrogen-bond acceptors (Lipinski definition) is 6. The zero-order chi connectivity index (χ0) is 23.4. The van der Waals surface area contributed by atoms with Gasteiger partial charge < -0.3 is 19.5 Å². The molecular formula is C26H35N4O2P. The van der Waals surface area contributed by atoms with Crippen LogP contribution in [-0.2, 0) is 4.57 Å². The standard InChI is InChI=1S/C26H35N4O2P/c1-5-33(31,6-2)23-12-10-21(11-13-23)28-26-27-18-20-8-7-9-24(25(20)29-26)32-22-14-16-30(17-15-22)19(3)4/h7-13,18-19,22H,5-6,14-17H2,1-4H3,(H,27,28,29). The lowest BCUT2D eigenvalue weighted by molar-refractivity contribution is 0.0852. The molecule has 0 atom stereocenters. The van der Waals surface area contributed by atoms with Crippen molar-refractivity contribution < 1.29 is 9.30 Å². The van der Waals surface area contributed by atoms with Crippen LogP contribution in [0, 0.1) is 0 Å². The van der Waals surface area contributed by atoms with Gasteiger partial charge in [-0.3, -0.25) is 0 Å². The number of ether oxygens (including phenoxy) is 1. The van der Waals surface area contributed by atoms with Crippen molar-refractivity contribution in [3.8, 4) is 5.75 Å². The van der Waals surface area contributed by atoms with Crippen molar-refractivity contribution in [3.63, 3.8) is 0 Å². The Morgan fingerprint density at radius 3 is 2.42 bits per heavy atom. The third-order valence-electron chi connectivity index (χ3n) is 6.69. The van der Waals surface area contributed by atoms with Gasteiger partial charge in [-0.1, -0.05) is 26.0 Å². The molecule has 0 unspecified atom stereocenters. The number of fused-ring (bicyclic) bond motifs is 1. The maximum atomic E-state index is 13.0. The third-order valence-corrected chi connectivity index (χ3v) is 9.97. The number of nitrogens with zero attached hydrogens (tertiary/aromatic N) is 3. The summed E-state index contributed by atoms with van der Waals surface area (Å²) in [6, 6.07) is 14.4. The number of likely N-dealkylation sites (tertiary alicyclic amines) is 1. The average molecular weight is 467 g/mol. The quantitative estimate of drug-likeness (QED) is 0.433. The van der Waals surface area contributed by atoms with Crippen molar-refractivity contribution in [2.45, 2.75) is 52.7 Å². The van der Waals surface area contributed by atoms with Crippen molar-refractivity contribution in [2.75, 3.05) is 30.7 Å². The SMILES string of the molecule is CCP(=O)(CC)c1ccc(Nc2ncc3cccc(OC4CCN(C(C)C)CC4)c3n2)cc1. The Balaban J connectivity index is 1.50. The highest BCUT2D eigenvalue weighted by molar-refractivity contribution is 7.71. The van der Waals surface area contributed by atoms with Gasteiger partial charge in [0, 0.05) is 54.0 Å². The number of benzene rings is 2. The lowest BCUT2D eigenvalue weighted by Gasteiger charge is -2.34. The fourth-order valence-corrected chi connectivity index (χ4v) is 6.28. The van der Waals surface area contributed by atoms with E-state index in [1.165, 1.54) is 0 Å². The molecule has 1 aliphatic rings. The molecule has 3 aromatic rings. The van der Waals surface area contributed by atoms with Crippen molar-refractivity contribution in [1.82, 2.24) is 14.9 Å². The summed E-state index contributed by atoms with van der Waals surface area (Å²) in [4.78, 5) is 11.8. The van der Waals surface area contributed by atoms with Crippen molar-refractivity contribution in [2.24, 2.45) is 0 Å². The summed E-state index contributed by atoms with van der Waals surface area (Å²) in [6.07, 6.45) is 5.45. The third kappa shape index (κ3) is 5.39. The van der Waals surface area contributed by atoms with E-state index in [1.54, 1.807) is 0 Å². The van der Waals surface area contributed by atoms with E-state index in [0.717, 1.165) is 53.6 Å². The lowest BCUT2D eigenvalue weighted by Crippen LogP contribution is -2.41. The molecular weight excluding hydrogens is 431 g/mol. The minimum Gasteiger partial charge on any atom is -0.488 e. The van der Waals surface area contributed by atoms with E-state index in [4.69, 9.17) is 9.72 Å². The molecule has 2 aromatic carbocycles. The fraction of sp³-hybridized carbons (Fsp3) is 0.462. The molecule has 4 rings (SSSR count). The number of anilines is 2. The molecule has 7 heteroatoms. The topological polar surface area (TPSA) is 67.3 Å². The Bertz CT molecular complexity index is 1120. The van der Waals surface area contributed by atoms with Crippen LogP contribution in [0.4, 0.5) is 11.6 Å². The Hall–Kier alpha value is -2.43. The second-order valence-corrected chi connectivity index (χ2v) is 12.6. The van der Waals surface area contributed by atoms with E-state index in [-0.39, 0.29) is 6.10 Å². The van der Waals surface area contributed by atoms with E-state index >= 15 is 0 Å². The largest absolute Gasteiger partial charge is 0.488 e.